The second-order valence-corrected chi connectivity index (χ2v) is 6.73. The van der Waals surface area contributed by atoms with Gasteiger partial charge < -0.3 is 24.8 Å². The normalized spacial score (nSPS) is 14.6. The first-order valence-electron chi connectivity index (χ1n) is 10.5. The maximum atomic E-state index is 12.2. The van der Waals surface area contributed by atoms with Crippen LogP contribution in [-0.4, -0.2) is 70.0 Å². The van der Waals surface area contributed by atoms with E-state index in [0.717, 1.165) is 56.3 Å². The Bertz CT molecular complexity index is 739. The molecule has 2 rings (SSSR count). The molecule has 1 heterocycles. The summed E-state index contributed by atoms with van der Waals surface area (Å²) in [6, 6.07) is 7.81. The number of carbonyl (C=O) groups excluding carboxylic acids is 1. The van der Waals surface area contributed by atoms with Gasteiger partial charge in [-0.25, -0.2) is 0 Å². The first-order chi connectivity index (χ1) is 14.7. The Labute approximate surface area is 178 Å². The van der Waals surface area contributed by atoms with Crippen LogP contribution in [0.5, 0.6) is 11.5 Å². The third-order valence-electron chi connectivity index (χ3n) is 4.59. The van der Waals surface area contributed by atoms with Gasteiger partial charge in [0.1, 0.15) is 11.6 Å². The number of carbonyl (C=O) groups is 1. The summed E-state index contributed by atoms with van der Waals surface area (Å²) >= 11 is 0. The third kappa shape index (κ3) is 7.93. The standard InChI is InChI=1S/C22H32N4O4/c1-3-29-20-6-5-18(15-21(20)30-4-2)7-8-24-17-19(16-23)22(27)25-9-10-26-11-13-28-14-12-26/h5-6,15,17,24H,3-4,7-14H2,1-2H3,(H,25,27)/b19-17-. The average molecular weight is 417 g/mol. The van der Waals surface area contributed by atoms with Crippen LogP contribution >= 0.6 is 0 Å². The molecule has 1 amide bonds. The fourth-order valence-corrected chi connectivity index (χ4v) is 3.04. The van der Waals surface area contributed by atoms with Crippen molar-refractivity contribution >= 4 is 5.91 Å². The molecule has 1 aliphatic rings. The molecule has 30 heavy (non-hydrogen) atoms. The molecule has 1 aliphatic heterocycles. The van der Waals surface area contributed by atoms with Crippen molar-refractivity contribution in [1.29, 1.82) is 5.26 Å². The van der Waals surface area contributed by atoms with Gasteiger partial charge in [0, 0.05) is 38.9 Å². The maximum Gasteiger partial charge on any atom is 0.263 e. The number of amides is 1. The molecule has 0 aromatic heterocycles. The number of hydrogen-bond donors (Lipinski definition) is 2. The van der Waals surface area contributed by atoms with Gasteiger partial charge in [-0.1, -0.05) is 6.07 Å². The summed E-state index contributed by atoms with van der Waals surface area (Å²) in [5.74, 6) is 1.10. The van der Waals surface area contributed by atoms with Crippen LogP contribution in [0.2, 0.25) is 0 Å². The molecular formula is C22H32N4O4. The van der Waals surface area contributed by atoms with Gasteiger partial charge in [-0.3, -0.25) is 9.69 Å². The van der Waals surface area contributed by atoms with E-state index in [-0.39, 0.29) is 11.5 Å². The van der Waals surface area contributed by atoms with Crippen molar-refractivity contribution in [2.45, 2.75) is 20.3 Å². The predicted octanol–water partition coefficient (Wildman–Crippen LogP) is 1.47. The molecule has 0 spiro atoms. The highest BCUT2D eigenvalue weighted by Crippen LogP contribution is 2.28. The van der Waals surface area contributed by atoms with Crippen molar-refractivity contribution in [3.8, 4) is 17.6 Å². The Balaban J connectivity index is 1.77. The molecule has 8 nitrogen and oxygen atoms in total. The van der Waals surface area contributed by atoms with Crippen LogP contribution in [0.25, 0.3) is 0 Å². The number of hydrogen-bond acceptors (Lipinski definition) is 7. The lowest BCUT2D eigenvalue weighted by Crippen LogP contribution is -2.41. The van der Waals surface area contributed by atoms with Gasteiger partial charge in [-0.15, -0.1) is 0 Å². The number of morpholine rings is 1. The molecule has 0 unspecified atom stereocenters. The number of nitrogens with one attached hydrogen (secondary N) is 2. The summed E-state index contributed by atoms with van der Waals surface area (Å²) in [5, 5.41) is 15.1. The SMILES string of the molecule is CCOc1ccc(CCN/C=C(/C#N)C(=O)NCCN2CCOCC2)cc1OCC. The van der Waals surface area contributed by atoms with Gasteiger partial charge in [-0.2, -0.15) is 5.26 Å². The van der Waals surface area contributed by atoms with E-state index >= 15 is 0 Å². The molecule has 0 radical (unpaired) electrons. The van der Waals surface area contributed by atoms with E-state index in [2.05, 4.69) is 15.5 Å². The zero-order valence-electron chi connectivity index (χ0n) is 17.9. The molecule has 1 aromatic rings. The van der Waals surface area contributed by atoms with Crippen molar-refractivity contribution in [2.24, 2.45) is 0 Å². The van der Waals surface area contributed by atoms with E-state index in [1.807, 2.05) is 38.1 Å². The highest BCUT2D eigenvalue weighted by Gasteiger charge is 2.12. The topological polar surface area (TPSA) is 95.8 Å². The predicted molar refractivity (Wildman–Crippen MR) is 114 cm³/mol. The van der Waals surface area contributed by atoms with Gasteiger partial charge in [-0.05, 0) is 38.0 Å². The van der Waals surface area contributed by atoms with E-state index in [9.17, 15) is 10.1 Å². The third-order valence-corrected chi connectivity index (χ3v) is 4.59. The van der Waals surface area contributed by atoms with Gasteiger partial charge in [0.15, 0.2) is 11.5 Å². The summed E-state index contributed by atoms with van der Waals surface area (Å²) in [7, 11) is 0. The lowest BCUT2D eigenvalue weighted by molar-refractivity contribution is -0.117. The molecule has 1 saturated heterocycles. The molecule has 164 valence electrons. The highest BCUT2D eigenvalue weighted by molar-refractivity contribution is 5.97. The molecule has 1 aromatic carbocycles. The summed E-state index contributed by atoms with van der Waals surface area (Å²) < 4.78 is 16.5. The molecular weight excluding hydrogens is 384 g/mol. The number of nitriles is 1. The summed E-state index contributed by atoms with van der Waals surface area (Å²) in [5.41, 5.74) is 1.15. The van der Waals surface area contributed by atoms with Crippen LogP contribution in [0.15, 0.2) is 30.0 Å². The number of benzene rings is 1. The Morgan fingerprint density at radius 2 is 1.93 bits per heavy atom. The zero-order valence-corrected chi connectivity index (χ0v) is 17.9. The minimum Gasteiger partial charge on any atom is -0.490 e. The monoisotopic (exact) mass is 416 g/mol. The lowest BCUT2D eigenvalue weighted by atomic mass is 10.1. The number of rotatable bonds is 12. The molecule has 0 saturated carbocycles. The molecule has 8 heteroatoms. The van der Waals surface area contributed by atoms with Crippen molar-refractivity contribution in [3.63, 3.8) is 0 Å². The lowest BCUT2D eigenvalue weighted by Gasteiger charge is -2.26. The number of nitrogens with zero attached hydrogens (tertiary/aromatic N) is 2. The van der Waals surface area contributed by atoms with Crippen LogP contribution in [0.4, 0.5) is 0 Å². The van der Waals surface area contributed by atoms with Crippen LogP contribution in [-0.2, 0) is 16.0 Å². The molecule has 1 fully saturated rings. The first kappa shape index (κ1) is 23.5. The second-order valence-electron chi connectivity index (χ2n) is 6.73. The van der Waals surface area contributed by atoms with Crippen molar-refractivity contribution in [2.75, 3.05) is 59.2 Å². The largest absolute Gasteiger partial charge is 0.490 e. The Morgan fingerprint density at radius 1 is 1.20 bits per heavy atom. The highest BCUT2D eigenvalue weighted by atomic mass is 16.5. The van der Waals surface area contributed by atoms with Gasteiger partial charge >= 0.3 is 0 Å². The minimum atomic E-state index is -0.363. The molecule has 0 bridgehead atoms. The first-order valence-corrected chi connectivity index (χ1v) is 10.5. The van der Waals surface area contributed by atoms with E-state index < -0.39 is 0 Å². The van der Waals surface area contributed by atoms with E-state index in [1.54, 1.807) is 0 Å². The van der Waals surface area contributed by atoms with Crippen LogP contribution < -0.4 is 20.1 Å². The van der Waals surface area contributed by atoms with Crippen molar-refractivity contribution < 1.29 is 19.0 Å². The van der Waals surface area contributed by atoms with E-state index in [4.69, 9.17) is 14.2 Å². The van der Waals surface area contributed by atoms with Crippen molar-refractivity contribution in [1.82, 2.24) is 15.5 Å². The molecule has 0 aliphatic carbocycles. The summed E-state index contributed by atoms with van der Waals surface area (Å²) in [6.45, 7) is 10.0. The Hall–Kier alpha value is -2.76. The van der Waals surface area contributed by atoms with Crippen molar-refractivity contribution in [3.05, 3.63) is 35.5 Å². The smallest absolute Gasteiger partial charge is 0.263 e. The maximum absolute atomic E-state index is 12.2. The fraction of sp³-hybridized carbons (Fsp3) is 0.545. The zero-order chi connectivity index (χ0) is 21.6. The summed E-state index contributed by atoms with van der Waals surface area (Å²) in [6.07, 6.45) is 2.20. The van der Waals surface area contributed by atoms with Crippen LogP contribution in [0, 0.1) is 11.3 Å². The quantitative estimate of drug-likeness (QED) is 0.303. The number of ether oxygens (including phenoxy) is 3. The average Bonchev–Trinajstić information content (AvgIpc) is 2.76. The molecule has 2 N–H and O–H groups in total. The summed E-state index contributed by atoms with van der Waals surface area (Å²) in [4.78, 5) is 14.4. The van der Waals surface area contributed by atoms with Gasteiger partial charge in [0.25, 0.3) is 5.91 Å². The fourth-order valence-electron chi connectivity index (χ4n) is 3.04. The van der Waals surface area contributed by atoms with Crippen LogP contribution in [0.1, 0.15) is 19.4 Å². The van der Waals surface area contributed by atoms with Crippen LogP contribution in [0.3, 0.4) is 0 Å². The molecule has 0 atom stereocenters. The van der Waals surface area contributed by atoms with Gasteiger partial charge in [0.2, 0.25) is 0 Å². The minimum absolute atomic E-state index is 0.0682. The van der Waals surface area contributed by atoms with Gasteiger partial charge in [0.05, 0.1) is 26.4 Å². The Kier molecular flexibility index (Phi) is 10.6. The Morgan fingerprint density at radius 3 is 2.63 bits per heavy atom. The van der Waals surface area contributed by atoms with E-state index in [1.165, 1.54) is 6.20 Å². The second kappa shape index (κ2) is 13.5. The van der Waals surface area contributed by atoms with E-state index in [0.29, 0.717) is 26.3 Å².